The van der Waals surface area contributed by atoms with Crippen molar-refractivity contribution in [1.82, 2.24) is 10.6 Å². The molecule has 0 aliphatic carbocycles. The van der Waals surface area contributed by atoms with Crippen molar-refractivity contribution in [3.8, 4) is 11.5 Å². The van der Waals surface area contributed by atoms with E-state index in [1.807, 2.05) is 19.1 Å². The Morgan fingerprint density at radius 3 is 2.66 bits per heavy atom. The second-order valence-corrected chi connectivity index (χ2v) is 7.97. The molecule has 0 spiro atoms. The molecular formula is C22H27Cl2FN2O2. The third kappa shape index (κ3) is 6.22. The fourth-order valence-corrected chi connectivity index (χ4v) is 3.95. The highest BCUT2D eigenvalue weighted by Gasteiger charge is 2.16. The van der Waals surface area contributed by atoms with Gasteiger partial charge < -0.3 is 20.1 Å². The average Bonchev–Trinajstić information content (AvgIpc) is 2.70. The summed E-state index contributed by atoms with van der Waals surface area (Å²) < 4.78 is 25.6. The first-order valence-electron chi connectivity index (χ1n) is 10.0. The van der Waals surface area contributed by atoms with Crippen LogP contribution in [0.5, 0.6) is 11.5 Å². The maximum Gasteiger partial charge on any atom is 0.180 e. The third-order valence-corrected chi connectivity index (χ3v) is 5.65. The molecule has 1 aliphatic rings. The Morgan fingerprint density at radius 1 is 1.14 bits per heavy atom. The lowest BCUT2D eigenvalue weighted by atomic mass is 9.98. The molecule has 0 aromatic heterocycles. The van der Waals surface area contributed by atoms with Crippen LogP contribution < -0.4 is 20.1 Å². The SMILES string of the molecule is CCOc1cc(CNCC2CCNCC2)cc(Cl)c1OCc1c(F)cccc1Cl. The van der Waals surface area contributed by atoms with E-state index in [0.717, 1.165) is 25.2 Å². The van der Waals surface area contributed by atoms with Gasteiger partial charge in [-0.25, -0.2) is 4.39 Å². The van der Waals surface area contributed by atoms with Crippen molar-refractivity contribution in [2.75, 3.05) is 26.2 Å². The summed E-state index contributed by atoms with van der Waals surface area (Å²) in [5.74, 6) is 1.23. The summed E-state index contributed by atoms with van der Waals surface area (Å²) in [7, 11) is 0. The summed E-state index contributed by atoms with van der Waals surface area (Å²) in [6, 6.07) is 8.32. The maximum atomic E-state index is 14.0. The molecule has 1 aliphatic heterocycles. The highest BCUT2D eigenvalue weighted by molar-refractivity contribution is 6.32. The summed E-state index contributed by atoms with van der Waals surface area (Å²) in [6.07, 6.45) is 2.40. The first-order chi connectivity index (χ1) is 14.1. The van der Waals surface area contributed by atoms with E-state index in [1.54, 1.807) is 12.1 Å². The van der Waals surface area contributed by atoms with Crippen LogP contribution in [0.1, 0.15) is 30.9 Å². The van der Waals surface area contributed by atoms with Gasteiger partial charge in [0.05, 0.1) is 16.7 Å². The van der Waals surface area contributed by atoms with Gasteiger partial charge in [0.15, 0.2) is 11.5 Å². The van der Waals surface area contributed by atoms with Crippen LogP contribution in [0.2, 0.25) is 10.0 Å². The zero-order chi connectivity index (χ0) is 20.6. The molecule has 2 aromatic rings. The zero-order valence-corrected chi connectivity index (χ0v) is 18.1. The molecule has 0 radical (unpaired) electrons. The highest BCUT2D eigenvalue weighted by atomic mass is 35.5. The number of ether oxygens (including phenoxy) is 2. The molecule has 0 bridgehead atoms. The summed E-state index contributed by atoms with van der Waals surface area (Å²) in [5, 5.41) is 7.64. The molecule has 1 heterocycles. The highest BCUT2D eigenvalue weighted by Crippen LogP contribution is 2.37. The Labute approximate surface area is 181 Å². The Morgan fingerprint density at radius 2 is 1.93 bits per heavy atom. The van der Waals surface area contributed by atoms with Crippen molar-refractivity contribution in [2.45, 2.75) is 32.9 Å². The van der Waals surface area contributed by atoms with Gasteiger partial charge >= 0.3 is 0 Å². The lowest BCUT2D eigenvalue weighted by Gasteiger charge is -2.23. The van der Waals surface area contributed by atoms with E-state index in [9.17, 15) is 4.39 Å². The van der Waals surface area contributed by atoms with E-state index in [2.05, 4.69) is 10.6 Å². The summed E-state index contributed by atoms with van der Waals surface area (Å²) in [4.78, 5) is 0. The van der Waals surface area contributed by atoms with Crippen LogP contribution in [-0.2, 0) is 13.2 Å². The molecule has 0 atom stereocenters. The first kappa shape index (κ1) is 22.2. The van der Waals surface area contributed by atoms with E-state index in [4.69, 9.17) is 32.7 Å². The van der Waals surface area contributed by atoms with E-state index in [0.29, 0.717) is 46.2 Å². The van der Waals surface area contributed by atoms with Gasteiger partial charge in [0, 0.05) is 12.1 Å². The Kier molecular flexibility index (Phi) is 8.42. The van der Waals surface area contributed by atoms with Crippen LogP contribution in [0.15, 0.2) is 30.3 Å². The van der Waals surface area contributed by atoms with Crippen LogP contribution in [0.3, 0.4) is 0 Å². The number of hydrogen-bond donors (Lipinski definition) is 2. The molecule has 2 aromatic carbocycles. The monoisotopic (exact) mass is 440 g/mol. The first-order valence-corrected chi connectivity index (χ1v) is 10.8. The number of rotatable bonds is 9. The molecule has 2 N–H and O–H groups in total. The van der Waals surface area contributed by atoms with Crippen LogP contribution in [-0.4, -0.2) is 26.2 Å². The van der Waals surface area contributed by atoms with Gasteiger partial charge in [-0.15, -0.1) is 0 Å². The van der Waals surface area contributed by atoms with Crippen LogP contribution in [0, 0.1) is 11.7 Å². The fraction of sp³-hybridized carbons (Fsp3) is 0.455. The maximum absolute atomic E-state index is 14.0. The molecule has 0 unspecified atom stereocenters. The Hall–Kier alpha value is -1.53. The van der Waals surface area contributed by atoms with E-state index < -0.39 is 5.82 Å². The number of halogens is 3. The predicted molar refractivity (Wildman–Crippen MR) is 116 cm³/mol. The molecule has 29 heavy (non-hydrogen) atoms. The van der Waals surface area contributed by atoms with E-state index >= 15 is 0 Å². The van der Waals surface area contributed by atoms with Gasteiger partial charge in [-0.2, -0.15) is 0 Å². The zero-order valence-electron chi connectivity index (χ0n) is 16.6. The summed E-state index contributed by atoms with van der Waals surface area (Å²) in [5.41, 5.74) is 1.31. The largest absolute Gasteiger partial charge is 0.490 e. The second kappa shape index (κ2) is 11.0. The molecule has 0 saturated carbocycles. The number of nitrogens with one attached hydrogen (secondary N) is 2. The molecule has 158 valence electrons. The van der Waals surface area contributed by atoms with Crippen LogP contribution in [0.25, 0.3) is 0 Å². The summed E-state index contributed by atoms with van der Waals surface area (Å²) >= 11 is 12.6. The van der Waals surface area contributed by atoms with Crippen molar-refractivity contribution in [3.63, 3.8) is 0 Å². The molecule has 1 saturated heterocycles. The quantitative estimate of drug-likeness (QED) is 0.562. The standard InChI is InChI=1S/C22H27Cl2FN2O2/c1-2-28-21-11-16(13-27-12-15-6-8-26-9-7-15)10-19(24)22(21)29-14-17-18(23)4-3-5-20(17)25/h3-5,10-11,15,26-27H,2,6-9,12-14H2,1H3. The Bertz CT molecular complexity index is 793. The average molecular weight is 441 g/mol. The van der Waals surface area contributed by atoms with Crippen LogP contribution >= 0.6 is 23.2 Å². The van der Waals surface area contributed by atoms with Crippen molar-refractivity contribution in [2.24, 2.45) is 5.92 Å². The van der Waals surface area contributed by atoms with E-state index in [1.165, 1.54) is 18.9 Å². The van der Waals surface area contributed by atoms with Gasteiger partial charge in [-0.3, -0.25) is 0 Å². The van der Waals surface area contributed by atoms with Crippen molar-refractivity contribution < 1.29 is 13.9 Å². The molecule has 4 nitrogen and oxygen atoms in total. The van der Waals surface area contributed by atoms with Gasteiger partial charge in [0.25, 0.3) is 0 Å². The van der Waals surface area contributed by atoms with Gasteiger partial charge in [-0.05, 0) is 75.1 Å². The normalized spacial score (nSPS) is 14.8. The summed E-state index contributed by atoms with van der Waals surface area (Å²) in [6.45, 7) is 6.19. The van der Waals surface area contributed by atoms with Crippen molar-refractivity contribution >= 4 is 23.2 Å². The van der Waals surface area contributed by atoms with Gasteiger partial charge in [-0.1, -0.05) is 29.3 Å². The fourth-order valence-electron chi connectivity index (χ4n) is 3.45. The molecule has 7 heteroatoms. The molecular weight excluding hydrogens is 414 g/mol. The molecule has 3 rings (SSSR count). The Balaban J connectivity index is 1.67. The predicted octanol–water partition coefficient (Wildman–Crippen LogP) is 5.20. The second-order valence-electron chi connectivity index (χ2n) is 7.15. The number of benzene rings is 2. The lowest BCUT2D eigenvalue weighted by molar-refractivity contribution is 0.266. The molecule has 0 amide bonds. The smallest absolute Gasteiger partial charge is 0.180 e. The minimum Gasteiger partial charge on any atom is -0.490 e. The topological polar surface area (TPSA) is 42.5 Å². The van der Waals surface area contributed by atoms with Crippen molar-refractivity contribution in [1.29, 1.82) is 0 Å². The minimum absolute atomic E-state index is 0.0292. The molecule has 1 fully saturated rings. The van der Waals surface area contributed by atoms with E-state index in [-0.39, 0.29) is 6.61 Å². The lowest BCUT2D eigenvalue weighted by Crippen LogP contribution is -2.33. The van der Waals surface area contributed by atoms with Gasteiger partial charge in [0.1, 0.15) is 12.4 Å². The van der Waals surface area contributed by atoms with Crippen molar-refractivity contribution in [3.05, 3.63) is 57.3 Å². The number of piperidine rings is 1. The number of hydrogen-bond acceptors (Lipinski definition) is 4. The third-order valence-electron chi connectivity index (χ3n) is 5.01. The van der Waals surface area contributed by atoms with Gasteiger partial charge in [0.2, 0.25) is 0 Å². The minimum atomic E-state index is -0.412. The van der Waals surface area contributed by atoms with Crippen LogP contribution in [0.4, 0.5) is 4.39 Å².